The highest BCUT2D eigenvalue weighted by Crippen LogP contribution is 2.35. The largest absolute Gasteiger partial charge is 0.355 e. The molecule has 3 N–H and O–H groups in total. The fraction of sp³-hybridized carbons (Fsp3) is 0.640. The molecule has 170 valence electrons. The van der Waals surface area contributed by atoms with Crippen LogP contribution in [0.5, 0.6) is 0 Å². The predicted octanol–water partition coefficient (Wildman–Crippen LogP) is 4.97. The third kappa shape index (κ3) is 5.92. The molecule has 31 heavy (non-hydrogen) atoms. The number of amides is 1. The molecule has 1 aliphatic rings. The van der Waals surface area contributed by atoms with Crippen LogP contribution in [0.1, 0.15) is 82.2 Å². The summed E-state index contributed by atoms with van der Waals surface area (Å²) in [5, 5.41) is 4.19. The van der Waals surface area contributed by atoms with E-state index in [1.165, 1.54) is 16.7 Å². The minimum Gasteiger partial charge on any atom is -0.355 e. The van der Waals surface area contributed by atoms with Crippen molar-refractivity contribution in [3.05, 3.63) is 28.8 Å². The van der Waals surface area contributed by atoms with Crippen molar-refractivity contribution >= 4 is 33.2 Å². The highest BCUT2D eigenvalue weighted by Gasteiger charge is 2.38. The molecule has 0 unspecified atom stereocenters. The van der Waals surface area contributed by atoms with Crippen molar-refractivity contribution in [1.82, 2.24) is 10.3 Å². The molecule has 0 radical (unpaired) electrons. The molecule has 6 heteroatoms. The summed E-state index contributed by atoms with van der Waals surface area (Å²) < 4.78 is 1.19. The van der Waals surface area contributed by atoms with E-state index in [9.17, 15) is 9.59 Å². The maximum absolute atomic E-state index is 13.0. The van der Waals surface area contributed by atoms with E-state index >= 15 is 0 Å². The summed E-state index contributed by atoms with van der Waals surface area (Å²) in [7, 11) is 0. The average Bonchev–Trinajstić information content (AvgIpc) is 3.18. The van der Waals surface area contributed by atoms with Crippen molar-refractivity contribution in [3.63, 3.8) is 0 Å². The number of hydrogen-bond acceptors (Lipinski definition) is 5. The molecule has 1 saturated carbocycles. The average molecular weight is 444 g/mol. The lowest BCUT2D eigenvalue weighted by molar-refractivity contribution is -0.132. The van der Waals surface area contributed by atoms with Gasteiger partial charge in [0.25, 0.3) is 0 Å². The van der Waals surface area contributed by atoms with E-state index in [4.69, 9.17) is 10.7 Å². The Morgan fingerprint density at radius 3 is 2.61 bits per heavy atom. The lowest BCUT2D eigenvalue weighted by Crippen LogP contribution is -2.48. The van der Waals surface area contributed by atoms with Crippen molar-refractivity contribution in [1.29, 1.82) is 0 Å². The summed E-state index contributed by atoms with van der Waals surface area (Å²) in [4.78, 5) is 30.0. The molecule has 0 spiro atoms. The number of nitrogens with two attached hydrogens (primary N) is 1. The van der Waals surface area contributed by atoms with Gasteiger partial charge in [0, 0.05) is 32.4 Å². The molecule has 1 atom stereocenters. The van der Waals surface area contributed by atoms with Crippen LogP contribution in [-0.2, 0) is 16.0 Å². The van der Waals surface area contributed by atoms with Crippen LogP contribution in [-0.4, -0.2) is 29.8 Å². The quantitative estimate of drug-likeness (QED) is 0.543. The Labute approximate surface area is 190 Å². The second kappa shape index (κ2) is 10.7. The van der Waals surface area contributed by atoms with Gasteiger partial charge in [-0.05, 0) is 42.4 Å². The van der Waals surface area contributed by atoms with Crippen LogP contribution in [0.4, 0.5) is 0 Å². The summed E-state index contributed by atoms with van der Waals surface area (Å²) in [6.45, 7) is 7.18. The van der Waals surface area contributed by atoms with Gasteiger partial charge in [-0.2, -0.15) is 0 Å². The lowest BCUT2D eigenvalue weighted by Gasteiger charge is -2.35. The Balaban J connectivity index is 1.71. The van der Waals surface area contributed by atoms with Crippen molar-refractivity contribution < 1.29 is 9.59 Å². The predicted molar refractivity (Wildman–Crippen MR) is 128 cm³/mol. The third-order valence-electron chi connectivity index (χ3n) is 6.73. The molecule has 0 bridgehead atoms. The Hall–Kier alpha value is -1.79. The third-order valence-corrected chi connectivity index (χ3v) is 7.77. The Morgan fingerprint density at radius 2 is 1.97 bits per heavy atom. The standard InChI is InChI=1S/C25H37N3O2S/c1-4-20(29)12-18(15-27-24(30)25(16-26)10-6-5-7-11-25)13-23-28-21-9-8-19(17(2)3)14-22(21)31-23/h8-9,14,17-18H,4-7,10-13,15-16,26H2,1-3H3,(H,27,30)/t18-/m0/s1. The molecule has 1 fully saturated rings. The van der Waals surface area contributed by atoms with Crippen molar-refractivity contribution in [2.75, 3.05) is 13.1 Å². The molecule has 1 heterocycles. The van der Waals surface area contributed by atoms with Gasteiger partial charge in [-0.15, -0.1) is 11.3 Å². The first-order chi connectivity index (χ1) is 14.9. The fourth-order valence-corrected chi connectivity index (χ4v) is 5.67. The normalized spacial score (nSPS) is 17.1. The van der Waals surface area contributed by atoms with Crippen LogP contribution >= 0.6 is 11.3 Å². The van der Waals surface area contributed by atoms with E-state index < -0.39 is 5.41 Å². The Bertz CT molecular complexity index is 899. The number of ketones is 1. The highest BCUT2D eigenvalue weighted by atomic mass is 32.1. The van der Waals surface area contributed by atoms with E-state index in [0.717, 1.165) is 36.2 Å². The van der Waals surface area contributed by atoms with Crippen molar-refractivity contribution in [2.24, 2.45) is 17.1 Å². The number of benzene rings is 1. The summed E-state index contributed by atoms with van der Waals surface area (Å²) in [5.41, 5.74) is 7.92. The number of thiazole rings is 1. The van der Waals surface area contributed by atoms with Gasteiger partial charge in [0.1, 0.15) is 5.78 Å². The molecule has 1 aliphatic carbocycles. The van der Waals surface area contributed by atoms with Gasteiger partial charge in [0.2, 0.25) is 5.91 Å². The maximum Gasteiger partial charge on any atom is 0.227 e. The van der Waals surface area contributed by atoms with Crippen LogP contribution in [0.15, 0.2) is 18.2 Å². The topological polar surface area (TPSA) is 85.1 Å². The first-order valence-corrected chi connectivity index (χ1v) is 12.6. The monoisotopic (exact) mass is 443 g/mol. The van der Waals surface area contributed by atoms with Gasteiger partial charge < -0.3 is 11.1 Å². The van der Waals surface area contributed by atoms with Crippen molar-refractivity contribution in [3.8, 4) is 0 Å². The Morgan fingerprint density at radius 1 is 1.23 bits per heavy atom. The summed E-state index contributed by atoms with van der Waals surface area (Å²) in [6, 6.07) is 6.46. The second-order valence-electron chi connectivity index (χ2n) is 9.41. The molecule has 3 rings (SSSR count). The van der Waals surface area contributed by atoms with Gasteiger partial charge in [-0.1, -0.05) is 46.1 Å². The van der Waals surface area contributed by atoms with E-state index in [1.54, 1.807) is 11.3 Å². The van der Waals surface area contributed by atoms with Gasteiger partial charge in [-0.25, -0.2) is 4.98 Å². The molecule has 0 aliphatic heterocycles. The minimum absolute atomic E-state index is 0.0555. The number of aromatic nitrogens is 1. The van der Waals surface area contributed by atoms with Crippen LogP contribution in [0.2, 0.25) is 0 Å². The van der Waals surface area contributed by atoms with Gasteiger partial charge in [0.05, 0.1) is 20.6 Å². The SMILES string of the molecule is CCC(=O)C[C@H](CNC(=O)C1(CN)CCCCC1)Cc1nc2ccc(C(C)C)cc2s1. The molecule has 0 saturated heterocycles. The Kier molecular flexibility index (Phi) is 8.23. The number of nitrogens with zero attached hydrogens (tertiary/aromatic N) is 1. The molecule has 1 amide bonds. The number of rotatable bonds is 10. The second-order valence-corrected chi connectivity index (χ2v) is 10.5. The summed E-state index contributed by atoms with van der Waals surface area (Å²) >= 11 is 1.70. The number of nitrogens with one attached hydrogen (secondary N) is 1. The summed E-state index contributed by atoms with van der Waals surface area (Å²) in [6.07, 6.45) is 6.73. The zero-order valence-corrected chi connectivity index (χ0v) is 20.0. The van der Waals surface area contributed by atoms with E-state index in [-0.39, 0.29) is 17.6 Å². The molecule has 5 nitrogen and oxygen atoms in total. The van der Waals surface area contributed by atoms with Crippen LogP contribution in [0, 0.1) is 11.3 Å². The van der Waals surface area contributed by atoms with Crippen LogP contribution < -0.4 is 11.1 Å². The molecular weight excluding hydrogens is 406 g/mol. The van der Waals surface area contributed by atoms with Gasteiger partial charge >= 0.3 is 0 Å². The number of hydrogen-bond donors (Lipinski definition) is 2. The zero-order chi connectivity index (χ0) is 22.4. The zero-order valence-electron chi connectivity index (χ0n) is 19.2. The first kappa shape index (κ1) is 23.9. The van der Waals surface area contributed by atoms with Crippen LogP contribution in [0.3, 0.4) is 0 Å². The molecule has 1 aromatic carbocycles. The number of Topliss-reactive ketones (excluding diaryl/α,β-unsaturated/α-hetero) is 1. The van der Waals surface area contributed by atoms with E-state index in [2.05, 4.69) is 37.4 Å². The maximum atomic E-state index is 13.0. The van der Waals surface area contributed by atoms with E-state index in [0.29, 0.717) is 38.3 Å². The first-order valence-electron chi connectivity index (χ1n) is 11.8. The lowest BCUT2D eigenvalue weighted by atomic mass is 9.73. The minimum atomic E-state index is -0.430. The summed E-state index contributed by atoms with van der Waals surface area (Å²) in [5.74, 6) is 0.831. The van der Waals surface area contributed by atoms with E-state index in [1.807, 2.05) is 6.92 Å². The van der Waals surface area contributed by atoms with Crippen LogP contribution in [0.25, 0.3) is 10.2 Å². The number of carbonyl (C=O) groups excluding carboxylic acids is 2. The smallest absolute Gasteiger partial charge is 0.227 e. The molecular formula is C25H37N3O2S. The van der Waals surface area contributed by atoms with Crippen molar-refractivity contribution in [2.45, 2.75) is 78.1 Å². The fourth-order valence-electron chi connectivity index (χ4n) is 4.54. The molecule has 2 aromatic rings. The van der Waals surface area contributed by atoms with Gasteiger partial charge in [0.15, 0.2) is 0 Å². The van der Waals surface area contributed by atoms with Gasteiger partial charge in [-0.3, -0.25) is 9.59 Å². The molecule has 1 aromatic heterocycles. The number of carbonyl (C=O) groups is 2. The number of fused-ring (bicyclic) bond motifs is 1. The highest BCUT2D eigenvalue weighted by molar-refractivity contribution is 7.18.